The van der Waals surface area contributed by atoms with Crippen molar-refractivity contribution in [1.82, 2.24) is 0 Å². The molecule has 0 aliphatic carbocycles. The number of rotatable bonds is 15. The second kappa shape index (κ2) is 72.1. The number of nitrogens with two attached hydrogens (primary N) is 4. The molecule has 0 spiro atoms. The van der Waals surface area contributed by atoms with Crippen LogP contribution < -0.4 is 71.4 Å². The number of aliphatic carboxylic acids is 2. The Morgan fingerprint density at radius 1 is 0.438 bits per heavy atom. The standard InChI is InChI=1S/C18H30N2O7.C10H20N2O3.C10H18O4.22CH4.2Li/c1-9(13(21)26-19)10(15(23)27-20)8-18(5,6)12-11(7-17(2,3)4)14(22)25-16(12)24;1-6(8(11)13)7(9(14)15-12)5-10(2,3)4;1-6(8(11)12)7(9(13)14)5-10(2,3)4;;;;;;;;;;;;;;;;;;;;;;;;/h9-12H,7-8,19-20H2,1-6H3;6-7H,5,12H2,1-4H3,(H2,11,13);6-7H,5H2,1-4H3,(H,11,12)(H,13,14);22*1H4;;/q;;;;;;;;;;;;;;;;;;;;;;;;;2*+1/p-2. The van der Waals surface area contributed by atoms with Gasteiger partial charge in [0.2, 0.25) is 5.91 Å². The van der Waals surface area contributed by atoms with Crippen LogP contribution in [0.1, 0.15) is 286 Å². The van der Waals surface area contributed by atoms with Gasteiger partial charge in [-0.05, 0) is 47.3 Å². The first-order chi connectivity index (χ1) is 25.1. The third-order valence-corrected chi connectivity index (χ3v) is 9.50. The van der Waals surface area contributed by atoms with Gasteiger partial charge in [-0.1, -0.05) is 260 Å². The van der Waals surface area contributed by atoms with Gasteiger partial charge in [-0.15, -0.1) is 0 Å². The molecular weight excluding hydrogens is 1010 g/mol. The van der Waals surface area contributed by atoms with Crippen LogP contribution in [0.5, 0.6) is 0 Å². The molecule has 20 heteroatoms. The molecule has 0 saturated carbocycles. The summed E-state index contributed by atoms with van der Waals surface area (Å²) in [5.41, 5.74) is 3.75. The zero-order chi connectivity index (χ0) is 44.9. The van der Waals surface area contributed by atoms with Gasteiger partial charge in [0.1, 0.15) is 0 Å². The van der Waals surface area contributed by atoms with E-state index in [9.17, 15) is 48.6 Å². The monoisotopic (exact) mass is 1170 g/mol. The van der Waals surface area contributed by atoms with Crippen LogP contribution in [-0.2, 0) is 57.6 Å². The van der Waals surface area contributed by atoms with Crippen LogP contribution in [0.4, 0.5) is 0 Å². The van der Waals surface area contributed by atoms with Gasteiger partial charge in [-0.2, -0.15) is 17.7 Å². The molecule has 8 N–H and O–H groups in total. The summed E-state index contributed by atoms with van der Waals surface area (Å²) < 4.78 is 4.89. The number of carboxylic acids is 2. The smallest absolute Gasteiger partial charge is 0.550 e. The quantitative estimate of drug-likeness (QED) is 0.0514. The van der Waals surface area contributed by atoms with Gasteiger partial charge in [0.05, 0.1) is 29.6 Å². The van der Waals surface area contributed by atoms with Crippen molar-refractivity contribution in [1.29, 1.82) is 0 Å². The molecule has 500 valence electrons. The maximum atomic E-state index is 12.4. The molecule has 0 radical (unpaired) electrons. The van der Waals surface area contributed by atoms with Crippen molar-refractivity contribution in [2.75, 3.05) is 0 Å². The summed E-state index contributed by atoms with van der Waals surface area (Å²) in [5.74, 6) is 1.65. The normalized spacial score (nSPS) is 13.4. The average molecular weight is 1170 g/mol. The third-order valence-electron chi connectivity index (χ3n) is 9.50. The van der Waals surface area contributed by atoms with E-state index >= 15 is 0 Å². The second-order valence-electron chi connectivity index (χ2n) is 18.8. The first-order valence-corrected chi connectivity index (χ1v) is 18.3. The molecule has 80 heavy (non-hydrogen) atoms. The van der Waals surface area contributed by atoms with Crippen molar-refractivity contribution < 1.29 is 106 Å². The van der Waals surface area contributed by atoms with E-state index in [1.54, 1.807) is 20.8 Å². The van der Waals surface area contributed by atoms with E-state index in [2.05, 4.69) is 14.5 Å². The number of carbonyl (C=O) groups excluding carboxylic acids is 8. The molecule has 0 aromatic carbocycles. The minimum atomic E-state index is -1.34. The number of esters is 2. The van der Waals surface area contributed by atoms with Crippen molar-refractivity contribution in [3.8, 4) is 0 Å². The van der Waals surface area contributed by atoms with Crippen LogP contribution in [0.15, 0.2) is 0 Å². The maximum absolute atomic E-state index is 12.4. The SMILES string of the molecule is C.C.C.C.C.C.C.C.C.C.C.C.C.C.C.C.C.C.C.C.C.C.CC(C(=O)ON)C(CC(C)(C)C1C(=O)OC(=O)C1CC(C)(C)C)C(=O)ON.CC(C(=O)[O-])C(CC(C)(C)C)C(=O)[O-].CC(C(N)=O)C(CC(C)(C)C)C(=O)ON.[Li+].[Li+]. The molecule has 1 rings (SSSR count). The van der Waals surface area contributed by atoms with E-state index in [4.69, 9.17) is 28.2 Å². The number of carboxylic acid groups (broad SMARTS) is 2. The molecule has 0 bridgehead atoms. The molecule has 8 unspecified atom stereocenters. The fraction of sp³-hybridized carbons (Fsp3) is 0.867. The average Bonchev–Trinajstić information content (AvgIpc) is 3.33. The summed E-state index contributed by atoms with van der Waals surface area (Å²) in [4.78, 5) is 105. The number of carbonyl (C=O) groups is 8. The summed E-state index contributed by atoms with van der Waals surface area (Å²) in [6.07, 6.45) is 1.27. The topological polar surface area (TPSA) is 324 Å². The minimum absolute atomic E-state index is 0. The zero-order valence-electron chi connectivity index (χ0n) is 37.5. The largest absolute Gasteiger partial charge is 1.00 e. The molecule has 8 atom stereocenters. The van der Waals surface area contributed by atoms with Gasteiger partial charge >= 0.3 is 67.6 Å². The number of cyclic esters (lactones) is 2. The van der Waals surface area contributed by atoms with Gasteiger partial charge in [0, 0.05) is 29.7 Å². The van der Waals surface area contributed by atoms with Gasteiger partial charge in [0.25, 0.3) is 0 Å². The summed E-state index contributed by atoms with van der Waals surface area (Å²) in [6.45, 7) is 25.2. The van der Waals surface area contributed by atoms with E-state index in [1.165, 1.54) is 13.8 Å². The summed E-state index contributed by atoms with van der Waals surface area (Å²) in [6, 6.07) is 0. The molecule has 1 aliphatic rings. The Morgan fingerprint density at radius 2 is 0.713 bits per heavy atom. The number of hydrogen-bond acceptors (Lipinski definition) is 17. The van der Waals surface area contributed by atoms with Gasteiger partial charge in [-0.3, -0.25) is 28.8 Å². The maximum Gasteiger partial charge on any atom is 1.00 e. The Morgan fingerprint density at radius 3 is 0.938 bits per heavy atom. The Kier molecular flexibility index (Phi) is 154. The number of primary amides is 1. The Bertz CT molecular complexity index is 1420. The Hall–Kier alpha value is -2.97. The third kappa shape index (κ3) is 62.6. The van der Waals surface area contributed by atoms with E-state index in [0.29, 0.717) is 12.8 Å². The van der Waals surface area contributed by atoms with Crippen molar-refractivity contribution in [2.45, 2.75) is 286 Å². The van der Waals surface area contributed by atoms with E-state index < -0.39 is 100 Å². The molecule has 1 heterocycles. The van der Waals surface area contributed by atoms with Crippen LogP contribution in [0, 0.1) is 69.0 Å². The first kappa shape index (κ1) is 171. The molecule has 18 nitrogen and oxygen atoms in total. The number of amides is 1. The molecule has 1 fully saturated rings. The van der Waals surface area contributed by atoms with Gasteiger partial charge in [0.15, 0.2) is 0 Å². The predicted octanol–water partition coefficient (Wildman–Crippen LogP) is 8.99. The van der Waals surface area contributed by atoms with E-state index in [0.717, 1.165) is 0 Å². The molecule has 0 aromatic rings. The first-order valence-electron chi connectivity index (χ1n) is 18.3. The van der Waals surface area contributed by atoms with E-state index in [-0.39, 0.29) is 230 Å². The van der Waals surface area contributed by atoms with Crippen LogP contribution in [0.25, 0.3) is 0 Å². The Balaban J connectivity index is -0.0000000207. The summed E-state index contributed by atoms with van der Waals surface area (Å²) in [7, 11) is 0. The summed E-state index contributed by atoms with van der Waals surface area (Å²) >= 11 is 0. The van der Waals surface area contributed by atoms with Crippen LogP contribution in [0.3, 0.4) is 0 Å². The molecule has 0 aromatic heterocycles. The van der Waals surface area contributed by atoms with Crippen molar-refractivity contribution in [2.24, 2.45) is 92.4 Å². The summed E-state index contributed by atoms with van der Waals surface area (Å²) in [5, 5.41) is 21.2. The van der Waals surface area contributed by atoms with Gasteiger partial charge < -0.3 is 44.8 Å². The Labute approximate surface area is 529 Å². The fourth-order valence-corrected chi connectivity index (χ4v) is 6.48. The van der Waals surface area contributed by atoms with Crippen LogP contribution in [-0.4, -0.2) is 47.7 Å². The van der Waals surface area contributed by atoms with Crippen LogP contribution in [0.2, 0.25) is 0 Å². The predicted molar refractivity (Wildman–Crippen MR) is 345 cm³/mol. The zero-order valence-corrected chi connectivity index (χ0v) is 37.5. The molecule has 1 aliphatic heterocycles. The fourth-order valence-electron chi connectivity index (χ4n) is 6.48. The molecule has 1 amide bonds. The minimum Gasteiger partial charge on any atom is -0.550 e. The molecule has 1 saturated heterocycles. The van der Waals surface area contributed by atoms with Crippen molar-refractivity contribution in [3.05, 3.63) is 0 Å². The number of ether oxygens (including phenoxy) is 1. The van der Waals surface area contributed by atoms with Crippen LogP contribution >= 0.6 is 0 Å². The van der Waals surface area contributed by atoms with Crippen molar-refractivity contribution >= 4 is 47.7 Å². The van der Waals surface area contributed by atoms with Crippen molar-refractivity contribution in [3.63, 3.8) is 0 Å². The molecular formula is C60H154Li2N4O14. The second-order valence-corrected chi connectivity index (χ2v) is 18.8. The van der Waals surface area contributed by atoms with E-state index in [1.807, 2.05) is 62.3 Å². The van der Waals surface area contributed by atoms with Gasteiger partial charge in [-0.25, -0.2) is 0 Å². The number of hydrogen-bond donors (Lipinski definition) is 4.